The van der Waals surface area contributed by atoms with Gasteiger partial charge in [0.25, 0.3) is 0 Å². The third-order valence-electron chi connectivity index (χ3n) is 4.06. The molecule has 2 N–H and O–H groups in total. The van der Waals surface area contributed by atoms with Crippen molar-refractivity contribution in [3.8, 4) is 0 Å². The van der Waals surface area contributed by atoms with Gasteiger partial charge in [-0.3, -0.25) is 0 Å². The Morgan fingerprint density at radius 3 is 2.86 bits per heavy atom. The molecular formula is C18H22N2S. The van der Waals surface area contributed by atoms with Gasteiger partial charge in [-0.25, -0.2) is 0 Å². The normalized spacial score (nSPS) is 12.9. The SMILES string of the molecule is CCC(N)Cc1cccc2ccn(CCc3cccs3)c12. The molecule has 0 fully saturated rings. The predicted octanol–water partition coefficient (Wildman–Crippen LogP) is 4.23. The lowest BCUT2D eigenvalue weighted by Gasteiger charge is -2.13. The minimum atomic E-state index is 0.247. The zero-order valence-electron chi connectivity index (χ0n) is 12.5. The van der Waals surface area contributed by atoms with Crippen LogP contribution in [0.2, 0.25) is 0 Å². The number of thiophene rings is 1. The van der Waals surface area contributed by atoms with Gasteiger partial charge < -0.3 is 10.3 Å². The van der Waals surface area contributed by atoms with Gasteiger partial charge in [-0.05, 0) is 47.7 Å². The van der Waals surface area contributed by atoms with E-state index in [1.54, 1.807) is 0 Å². The smallest absolute Gasteiger partial charge is 0.0513 e. The number of aromatic nitrogens is 1. The van der Waals surface area contributed by atoms with Crippen LogP contribution in [0.25, 0.3) is 10.9 Å². The van der Waals surface area contributed by atoms with E-state index in [-0.39, 0.29) is 6.04 Å². The summed E-state index contributed by atoms with van der Waals surface area (Å²) < 4.78 is 2.38. The van der Waals surface area contributed by atoms with Crippen LogP contribution in [0.5, 0.6) is 0 Å². The molecule has 0 radical (unpaired) electrons. The zero-order valence-corrected chi connectivity index (χ0v) is 13.3. The Labute approximate surface area is 130 Å². The molecule has 3 heteroatoms. The number of fused-ring (bicyclic) bond motifs is 1. The summed E-state index contributed by atoms with van der Waals surface area (Å²) in [7, 11) is 0. The highest BCUT2D eigenvalue weighted by Gasteiger charge is 2.09. The van der Waals surface area contributed by atoms with Crippen LogP contribution in [0.4, 0.5) is 0 Å². The maximum atomic E-state index is 6.16. The Hall–Kier alpha value is -1.58. The Bertz CT molecular complexity index is 697. The van der Waals surface area contributed by atoms with Crippen molar-refractivity contribution in [2.24, 2.45) is 5.73 Å². The highest BCUT2D eigenvalue weighted by atomic mass is 32.1. The molecule has 0 aliphatic rings. The number of rotatable bonds is 6. The quantitative estimate of drug-likeness (QED) is 0.725. The van der Waals surface area contributed by atoms with Gasteiger partial charge in [0.05, 0.1) is 5.52 Å². The Kier molecular flexibility index (Phi) is 4.42. The van der Waals surface area contributed by atoms with E-state index in [0.717, 1.165) is 25.8 Å². The second kappa shape index (κ2) is 6.46. The van der Waals surface area contributed by atoms with Crippen molar-refractivity contribution in [2.75, 3.05) is 0 Å². The van der Waals surface area contributed by atoms with Crippen molar-refractivity contribution in [2.45, 2.75) is 38.8 Å². The van der Waals surface area contributed by atoms with Crippen LogP contribution in [0.3, 0.4) is 0 Å². The number of para-hydroxylation sites is 1. The van der Waals surface area contributed by atoms with E-state index in [0.29, 0.717) is 0 Å². The van der Waals surface area contributed by atoms with E-state index in [1.807, 2.05) is 11.3 Å². The highest BCUT2D eigenvalue weighted by molar-refractivity contribution is 7.09. The second-order valence-electron chi connectivity index (χ2n) is 5.57. The number of hydrogen-bond donors (Lipinski definition) is 1. The summed E-state index contributed by atoms with van der Waals surface area (Å²) in [6, 6.07) is 13.4. The fourth-order valence-corrected chi connectivity index (χ4v) is 3.50. The fraction of sp³-hybridized carbons (Fsp3) is 0.333. The van der Waals surface area contributed by atoms with E-state index < -0.39 is 0 Å². The van der Waals surface area contributed by atoms with Gasteiger partial charge in [0.2, 0.25) is 0 Å². The summed E-state index contributed by atoms with van der Waals surface area (Å²) in [5.74, 6) is 0. The Morgan fingerprint density at radius 1 is 1.19 bits per heavy atom. The molecule has 2 aromatic heterocycles. The molecule has 0 aliphatic heterocycles. The predicted molar refractivity (Wildman–Crippen MR) is 91.9 cm³/mol. The molecule has 0 saturated heterocycles. The molecule has 1 atom stereocenters. The molecule has 2 heterocycles. The molecule has 3 rings (SSSR count). The van der Waals surface area contributed by atoms with Crippen LogP contribution < -0.4 is 5.73 Å². The minimum absolute atomic E-state index is 0.247. The van der Waals surface area contributed by atoms with E-state index >= 15 is 0 Å². The first-order valence-electron chi connectivity index (χ1n) is 7.62. The average Bonchev–Trinajstić information content (AvgIpc) is 3.14. The molecule has 0 amide bonds. The van der Waals surface area contributed by atoms with E-state index in [9.17, 15) is 0 Å². The maximum Gasteiger partial charge on any atom is 0.0513 e. The summed E-state index contributed by atoms with van der Waals surface area (Å²) in [6.07, 6.45) is 5.28. The van der Waals surface area contributed by atoms with Crippen molar-refractivity contribution in [3.63, 3.8) is 0 Å². The summed E-state index contributed by atoms with van der Waals surface area (Å²) in [5, 5.41) is 3.47. The van der Waals surface area contributed by atoms with Crippen LogP contribution in [0, 0.1) is 0 Å². The number of aryl methyl sites for hydroxylation is 2. The zero-order chi connectivity index (χ0) is 14.7. The van der Waals surface area contributed by atoms with Crippen molar-refractivity contribution in [1.82, 2.24) is 4.57 Å². The molecule has 2 nitrogen and oxygen atoms in total. The van der Waals surface area contributed by atoms with Gasteiger partial charge in [0.1, 0.15) is 0 Å². The van der Waals surface area contributed by atoms with E-state index in [4.69, 9.17) is 5.73 Å². The molecule has 3 aromatic rings. The van der Waals surface area contributed by atoms with Gasteiger partial charge in [-0.15, -0.1) is 11.3 Å². The first kappa shape index (κ1) is 14.4. The molecule has 21 heavy (non-hydrogen) atoms. The van der Waals surface area contributed by atoms with Gasteiger partial charge in [-0.1, -0.05) is 31.2 Å². The third-order valence-corrected chi connectivity index (χ3v) is 4.99. The largest absolute Gasteiger partial charge is 0.347 e. The molecule has 1 aromatic carbocycles. The van der Waals surface area contributed by atoms with Crippen LogP contribution in [0.15, 0.2) is 48.0 Å². The van der Waals surface area contributed by atoms with Crippen LogP contribution in [0.1, 0.15) is 23.8 Å². The van der Waals surface area contributed by atoms with Gasteiger partial charge in [0.15, 0.2) is 0 Å². The van der Waals surface area contributed by atoms with Crippen molar-refractivity contribution in [1.29, 1.82) is 0 Å². The number of nitrogens with zero attached hydrogens (tertiary/aromatic N) is 1. The lowest BCUT2D eigenvalue weighted by Crippen LogP contribution is -2.21. The van der Waals surface area contributed by atoms with Crippen LogP contribution in [-0.4, -0.2) is 10.6 Å². The fourth-order valence-electron chi connectivity index (χ4n) is 2.80. The first-order chi connectivity index (χ1) is 10.3. The van der Waals surface area contributed by atoms with Gasteiger partial charge in [0, 0.05) is 23.7 Å². The topological polar surface area (TPSA) is 30.9 Å². The maximum absolute atomic E-state index is 6.16. The number of benzene rings is 1. The van der Waals surface area contributed by atoms with Crippen molar-refractivity contribution < 1.29 is 0 Å². The third kappa shape index (κ3) is 3.20. The minimum Gasteiger partial charge on any atom is -0.347 e. The van der Waals surface area contributed by atoms with E-state index in [1.165, 1.54) is 21.3 Å². The summed E-state index contributed by atoms with van der Waals surface area (Å²) >= 11 is 1.84. The van der Waals surface area contributed by atoms with Gasteiger partial charge in [-0.2, -0.15) is 0 Å². The molecule has 0 saturated carbocycles. The Balaban J connectivity index is 1.88. The van der Waals surface area contributed by atoms with E-state index in [2.05, 4.69) is 59.5 Å². The standard InChI is InChI=1S/C18H22N2S/c1-2-16(19)13-15-6-3-5-14-8-10-20(18(14)15)11-9-17-7-4-12-21-17/h3-8,10,12,16H,2,9,11,13,19H2,1H3. The second-order valence-corrected chi connectivity index (χ2v) is 6.60. The molecule has 110 valence electrons. The number of nitrogens with two attached hydrogens (primary N) is 1. The summed E-state index contributed by atoms with van der Waals surface area (Å²) in [5.41, 5.74) is 8.89. The first-order valence-corrected chi connectivity index (χ1v) is 8.50. The Morgan fingerprint density at radius 2 is 2.10 bits per heavy atom. The van der Waals surface area contributed by atoms with Crippen LogP contribution >= 0.6 is 11.3 Å². The molecular weight excluding hydrogens is 276 g/mol. The number of hydrogen-bond acceptors (Lipinski definition) is 2. The average molecular weight is 298 g/mol. The summed E-state index contributed by atoms with van der Waals surface area (Å²) in [4.78, 5) is 1.44. The van der Waals surface area contributed by atoms with Crippen molar-refractivity contribution >= 4 is 22.2 Å². The molecule has 1 unspecified atom stereocenters. The highest BCUT2D eigenvalue weighted by Crippen LogP contribution is 2.23. The lowest BCUT2D eigenvalue weighted by molar-refractivity contribution is 0.644. The summed E-state index contributed by atoms with van der Waals surface area (Å²) in [6.45, 7) is 3.18. The lowest BCUT2D eigenvalue weighted by atomic mass is 10.0. The monoisotopic (exact) mass is 298 g/mol. The van der Waals surface area contributed by atoms with Crippen molar-refractivity contribution in [3.05, 3.63) is 58.4 Å². The molecule has 0 aliphatic carbocycles. The van der Waals surface area contributed by atoms with Crippen LogP contribution in [-0.2, 0) is 19.4 Å². The molecule has 0 spiro atoms. The van der Waals surface area contributed by atoms with Gasteiger partial charge >= 0.3 is 0 Å². The molecule has 0 bridgehead atoms.